The van der Waals surface area contributed by atoms with Crippen molar-refractivity contribution in [1.82, 2.24) is 0 Å². The lowest BCUT2D eigenvalue weighted by Gasteiger charge is -2.24. The molecule has 0 saturated heterocycles. The fourth-order valence-electron chi connectivity index (χ4n) is 0.274. The van der Waals surface area contributed by atoms with Crippen molar-refractivity contribution in [2.45, 2.75) is 26.8 Å². The largest absolute Gasteiger partial charge is 0.395 e. The lowest BCUT2D eigenvalue weighted by Crippen LogP contribution is -2.37. The van der Waals surface area contributed by atoms with Crippen LogP contribution in [0.25, 0.3) is 0 Å². The van der Waals surface area contributed by atoms with Gasteiger partial charge in [-0.3, -0.25) is 0 Å². The molecule has 3 heteroatoms. The number of hydrogen-bond donors (Lipinski definition) is 2. The number of halogens is 1. The highest BCUT2D eigenvalue weighted by Gasteiger charge is 2.18. The van der Waals surface area contributed by atoms with Gasteiger partial charge in [0.25, 0.3) is 0 Å². The normalized spacial score (nSPS) is 14.3. The van der Waals surface area contributed by atoms with Crippen molar-refractivity contribution >= 4 is 12.4 Å². The minimum Gasteiger partial charge on any atom is -0.395 e. The van der Waals surface area contributed by atoms with Gasteiger partial charge in [-0.25, -0.2) is 0 Å². The van der Waals surface area contributed by atoms with Crippen molar-refractivity contribution in [2.75, 3.05) is 6.61 Å². The van der Waals surface area contributed by atoms with Crippen LogP contribution in [0.5, 0.6) is 0 Å². The summed E-state index contributed by atoms with van der Waals surface area (Å²) in [6.45, 7) is 6.10. The van der Waals surface area contributed by atoms with Gasteiger partial charge in [0.1, 0.15) is 0 Å². The van der Waals surface area contributed by atoms with Crippen molar-refractivity contribution in [3.63, 3.8) is 0 Å². The summed E-state index contributed by atoms with van der Waals surface area (Å²) in [5, 5.41) is 8.55. The first kappa shape index (κ1) is 11.9. The van der Waals surface area contributed by atoms with Crippen LogP contribution in [0, 0.1) is 5.41 Å². The molecular weight excluding hydrogens is 138 g/mol. The maximum absolute atomic E-state index is 8.55. The minimum absolute atomic E-state index is 0. The number of aliphatic hydroxyl groups excluding tert-OH is 1. The van der Waals surface area contributed by atoms with E-state index in [-0.39, 0.29) is 30.5 Å². The van der Waals surface area contributed by atoms with Gasteiger partial charge < -0.3 is 10.8 Å². The molecule has 1 unspecified atom stereocenters. The van der Waals surface area contributed by atoms with Gasteiger partial charge in [-0.15, -0.1) is 12.4 Å². The second kappa shape index (κ2) is 4.09. The van der Waals surface area contributed by atoms with E-state index < -0.39 is 0 Å². The van der Waals surface area contributed by atoms with Crippen LogP contribution in [0.2, 0.25) is 0 Å². The third-order valence-electron chi connectivity index (χ3n) is 1.31. The Morgan fingerprint density at radius 3 is 1.78 bits per heavy atom. The summed E-state index contributed by atoms with van der Waals surface area (Å²) < 4.78 is 0. The molecule has 3 N–H and O–H groups in total. The second-order valence-electron chi connectivity index (χ2n) is 3.16. The Labute approximate surface area is 62.9 Å². The molecule has 0 aliphatic heterocycles. The molecule has 1 atom stereocenters. The van der Waals surface area contributed by atoms with Gasteiger partial charge in [0.05, 0.1) is 6.61 Å². The Balaban J connectivity index is 0. The van der Waals surface area contributed by atoms with E-state index in [1.165, 1.54) is 0 Å². The molecule has 9 heavy (non-hydrogen) atoms. The molecule has 0 radical (unpaired) electrons. The maximum Gasteiger partial charge on any atom is 0.0587 e. The van der Waals surface area contributed by atoms with Crippen molar-refractivity contribution in [2.24, 2.45) is 11.1 Å². The van der Waals surface area contributed by atoms with Crippen LogP contribution in [-0.4, -0.2) is 17.8 Å². The Kier molecular flexibility index (Phi) is 5.43. The van der Waals surface area contributed by atoms with E-state index in [4.69, 9.17) is 10.8 Å². The fourth-order valence-corrected chi connectivity index (χ4v) is 0.274. The summed E-state index contributed by atoms with van der Waals surface area (Å²) in [4.78, 5) is 0. The Bertz CT molecular complexity index is 69.9. The van der Waals surface area contributed by atoms with E-state index in [1.54, 1.807) is 0 Å². The molecule has 58 valence electrons. The zero-order valence-corrected chi connectivity index (χ0v) is 7.03. The summed E-state index contributed by atoms with van der Waals surface area (Å²) >= 11 is 0. The molecular formula is C6H16ClNO. The quantitative estimate of drug-likeness (QED) is 0.585. The van der Waals surface area contributed by atoms with Gasteiger partial charge in [0.15, 0.2) is 0 Å². The Morgan fingerprint density at radius 1 is 1.44 bits per heavy atom. The van der Waals surface area contributed by atoms with Crippen LogP contribution in [0.3, 0.4) is 0 Å². The SMILES string of the molecule is CC(C)(C)C(N)CO.Cl. The molecule has 0 saturated carbocycles. The highest BCUT2D eigenvalue weighted by atomic mass is 35.5. The molecule has 0 aromatic heterocycles. The topological polar surface area (TPSA) is 46.2 Å². The summed E-state index contributed by atoms with van der Waals surface area (Å²) in [5.41, 5.74) is 5.54. The molecule has 0 fully saturated rings. The monoisotopic (exact) mass is 153 g/mol. The molecule has 0 bridgehead atoms. The third kappa shape index (κ3) is 4.70. The first-order valence-electron chi connectivity index (χ1n) is 2.85. The average Bonchev–Trinajstić information content (AvgIpc) is 1.62. The summed E-state index contributed by atoms with van der Waals surface area (Å²) in [5.74, 6) is 0. The van der Waals surface area contributed by atoms with Crippen LogP contribution in [0.1, 0.15) is 20.8 Å². The van der Waals surface area contributed by atoms with Crippen LogP contribution < -0.4 is 5.73 Å². The minimum atomic E-state index is -0.0949. The van der Waals surface area contributed by atoms with Crippen molar-refractivity contribution < 1.29 is 5.11 Å². The fraction of sp³-hybridized carbons (Fsp3) is 1.00. The second-order valence-corrected chi connectivity index (χ2v) is 3.16. The zero-order valence-electron chi connectivity index (χ0n) is 6.22. The van der Waals surface area contributed by atoms with E-state index in [0.29, 0.717) is 0 Å². The molecule has 0 amide bonds. The average molecular weight is 154 g/mol. The Morgan fingerprint density at radius 2 is 1.78 bits per heavy atom. The highest BCUT2D eigenvalue weighted by molar-refractivity contribution is 5.85. The number of rotatable bonds is 1. The molecule has 0 aliphatic rings. The predicted octanol–water partition coefficient (Wildman–Crippen LogP) is 0.774. The van der Waals surface area contributed by atoms with E-state index >= 15 is 0 Å². The van der Waals surface area contributed by atoms with E-state index in [9.17, 15) is 0 Å². The smallest absolute Gasteiger partial charge is 0.0587 e. The van der Waals surface area contributed by atoms with Crippen molar-refractivity contribution in [1.29, 1.82) is 0 Å². The van der Waals surface area contributed by atoms with E-state index in [0.717, 1.165) is 0 Å². The van der Waals surface area contributed by atoms with Gasteiger partial charge >= 0.3 is 0 Å². The molecule has 0 rings (SSSR count). The van der Waals surface area contributed by atoms with Gasteiger partial charge in [-0.2, -0.15) is 0 Å². The highest BCUT2D eigenvalue weighted by Crippen LogP contribution is 2.15. The molecule has 0 spiro atoms. The first-order valence-corrected chi connectivity index (χ1v) is 2.85. The number of nitrogens with two attached hydrogens (primary N) is 1. The number of hydrogen-bond acceptors (Lipinski definition) is 2. The predicted molar refractivity (Wildman–Crippen MR) is 41.8 cm³/mol. The number of aliphatic hydroxyl groups is 1. The third-order valence-corrected chi connectivity index (χ3v) is 1.31. The molecule has 0 aliphatic carbocycles. The summed E-state index contributed by atoms with van der Waals surface area (Å²) in [6.07, 6.45) is 0. The molecule has 0 aromatic rings. The molecule has 0 aromatic carbocycles. The van der Waals surface area contributed by atoms with Crippen molar-refractivity contribution in [3.05, 3.63) is 0 Å². The van der Waals surface area contributed by atoms with Gasteiger partial charge in [-0.1, -0.05) is 20.8 Å². The zero-order chi connectivity index (χ0) is 6.78. The maximum atomic E-state index is 8.55. The van der Waals surface area contributed by atoms with Crippen LogP contribution in [-0.2, 0) is 0 Å². The molecule has 2 nitrogen and oxygen atoms in total. The van der Waals surface area contributed by atoms with Gasteiger partial charge in [-0.05, 0) is 5.41 Å². The molecule has 0 heterocycles. The van der Waals surface area contributed by atoms with Gasteiger partial charge in [0, 0.05) is 6.04 Å². The Hall–Kier alpha value is 0.210. The van der Waals surface area contributed by atoms with Crippen LogP contribution in [0.15, 0.2) is 0 Å². The lowest BCUT2D eigenvalue weighted by atomic mass is 9.88. The van der Waals surface area contributed by atoms with Crippen LogP contribution in [0.4, 0.5) is 0 Å². The standard InChI is InChI=1S/C6H15NO.ClH/c1-6(2,3)5(7)4-8;/h5,8H,4,7H2,1-3H3;1H. The first-order chi connectivity index (χ1) is 3.48. The lowest BCUT2D eigenvalue weighted by molar-refractivity contribution is 0.189. The van der Waals surface area contributed by atoms with Gasteiger partial charge in [0.2, 0.25) is 0 Å². The van der Waals surface area contributed by atoms with Crippen molar-refractivity contribution in [3.8, 4) is 0 Å². The van der Waals surface area contributed by atoms with Crippen LogP contribution >= 0.6 is 12.4 Å². The summed E-state index contributed by atoms with van der Waals surface area (Å²) in [6, 6.07) is -0.0949. The van der Waals surface area contributed by atoms with E-state index in [1.807, 2.05) is 20.8 Å². The summed E-state index contributed by atoms with van der Waals surface area (Å²) in [7, 11) is 0. The van der Waals surface area contributed by atoms with E-state index in [2.05, 4.69) is 0 Å².